The van der Waals surface area contributed by atoms with Gasteiger partial charge in [-0.3, -0.25) is 14.2 Å². The first-order valence-corrected chi connectivity index (χ1v) is 12.4. The number of fused-ring (bicyclic) bond motifs is 3. The number of amides is 2. The van der Waals surface area contributed by atoms with E-state index < -0.39 is 5.91 Å². The Hall–Kier alpha value is -5.63. The quantitative estimate of drug-likeness (QED) is 0.272. The summed E-state index contributed by atoms with van der Waals surface area (Å²) in [4.78, 5) is 32.0. The molecule has 0 bridgehead atoms. The van der Waals surface area contributed by atoms with Crippen LogP contribution >= 0.6 is 0 Å². The van der Waals surface area contributed by atoms with Crippen molar-refractivity contribution in [3.05, 3.63) is 121 Å². The number of H-pyrrole nitrogens is 1. The summed E-state index contributed by atoms with van der Waals surface area (Å²) in [5.41, 5.74) is 12.8. The average molecular weight is 511 g/mol. The molecule has 7 aromatic rings. The maximum absolute atomic E-state index is 12.8. The first kappa shape index (κ1) is 22.6. The molecule has 0 unspecified atom stereocenters. The maximum Gasteiger partial charge on any atom is 0.255 e. The van der Waals surface area contributed by atoms with Gasteiger partial charge in [0.05, 0.1) is 16.6 Å². The van der Waals surface area contributed by atoms with Gasteiger partial charge in [-0.15, -0.1) is 0 Å². The van der Waals surface area contributed by atoms with Gasteiger partial charge in [0.25, 0.3) is 5.91 Å². The highest BCUT2D eigenvalue weighted by Crippen LogP contribution is 2.26. The number of primary amides is 1. The van der Waals surface area contributed by atoms with Gasteiger partial charge in [-0.1, -0.05) is 0 Å². The number of benzene rings is 4. The highest BCUT2D eigenvalue weighted by Gasteiger charge is 2.11. The van der Waals surface area contributed by atoms with Gasteiger partial charge in [0.2, 0.25) is 5.91 Å². The van der Waals surface area contributed by atoms with Gasteiger partial charge in [0.15, 0.2) is 0 Å². The van der Waals surface area contributed by atoms with Crippen molar-refractivity contribution in [1.82, 2.24) is 19.1 Å². The van der Waals surface area contributed by atoms with E-state index in [1.54, 1.807) is 24.5 Å². The third-order valence-electron chi connectivity index (χ3n) is 7.00. The van der Waals surface area contributed by atoms with Crippen LogP contribution in [-0.2, 0) is 0 Å². The number of nitrogens with two attached hydrogens (primary N) is 1. The molecule has 0 saturated heterocycles. The molecule has 2 amide bonds. The third-order valence-corrected chi connectivity index (χ3v) is 7.00. The number of anilines is 1. The van der Waals surface area contributed by atoms with Crippen LogP contribution in [0, 0.1) is 0 Å². The van der Waals surface area contributed by atoms with Gasteiger partial charge < -0.3 is 20.6 Å². The van der Waals surface area contributed by atoms with E-state index in [1.165, 1.54) is 0 Å². The van der Waals surface area contributed by atoms with E-state index in [4.69, 9.17) is 5.73 Å². The zero-order chi connectivity index (χ0) is 26.5. The molecule has 8 heteroatoms. The molecule has 3 aromatic heterocycles. The highest BCUT2D eigenvalue weighted by molar-refractivity contribution is 6.07. The van der Waals surface area contributed by atoms with Crippen molar-refractivity contribution in [2.24, 2.45) is 5.73 Å². The van der Waals surface area contributed by atoms with Crippen molar-refractivity contribution in [1.29, 1.82) is 0 Å². The van der Waals surface area contributed by atoms with Crippen LogP contribution in [0.25, 0.3) is 44.2 Å². The largest absolute Gasteiger partial charge is 0.366 e. The van der Waals surface area contributed by atoms with Gasteiger partial charge in [-0.25, -0.2) is 4.98 Å². The zero-order valence-electron chi connectivity index (χ0n) is 20.6. The summed E-state index contributed by atoms with van der Waals surface area (Å²) < 4.78 is 4.08. The minimum Gasteiger partial charge on any atom is -0.366 e. The molecule has 0 aliphatic heterocycles. The van der Waals surface area contributed by atoms with Crippen LogP contribution in [0.15, 0.2) is 110 Å². The molecule has 4 N–H and O–H groups in total. The van der Waals surface area contributed by atoms with Crippen LogP contribution in [0.3, 0.4) is 0 Å². The summed E-state index contributed by atoms with van der Waals surface area (Å²) >= 11 is 0. The number of imidazole rings is 1. The van der Waals surface area contributed by atoms with Crippen molar-refractivity contribution < 1.29 is 9.59 Å². The van der Waals surface area contributed by atoms with Gasteiger partial charge in [0, 0.05) is 56.9 Å². The van der Waals surface area contributed by atoms with Crippen molar-refractivity contribution in [2.45, 2.75) is 0 Å². The number of carbonyl (C=O) groups is 2. The summed E-state index contributed by atoms with van der Waals surface area (Å²) in [6.07, 6.45) is 5.61. The lowest BCUT2D eigenvalue weighted by Crippen LogP contribution is -2.11. The van der Waals surface area contributed by atoms with Crippen LogP contribution in [0.5, 0.6) is 0 Å². The molecule has 0 radical (unpaired) electrons. The molecule has 0 spiro atoms. The molecule has 4 aromatic carbocycles. The average Bonchev–Trinajstić information content (AvgIpc) is 3.70. The minimum atomic E-state index is -0.439. The second-order valence-electron chi connectivity index (χ2n) is 9.39. The molecular weight excluding hydrogens is 488 g/mol. The van der Waals surface area contributed by atoms with E-state index >= 15 is 0 Å². The Labute approximate surface area is 222 Å². The number of carbonyl (C=O) groups excluding carboxylic acids is 2. The van der Waals surface area contributed by atoms with E-state index in [-0.39, 0.29) is 5.91 Å². The van der Waals surface area contributed by atoms with Crippen molar-refractivity contribution in [3.63, 3.8) is 0 Å². The van der Waals surface area contributed by atoms with Crippen molar-refractivity contribution in [2.75, 3.05) is 5.32 Å². The Bertz CT molecular complexity index is 2050. The van der Waals surface area contributed by atoms with Gasteiger partial charge in [-0.05, 0) is 91.0 Å². The van der Waals surface area contributed by atoms with Crippen LogP contribution in [0.1, 0.15) is 20.7 Å². The summed E-state index contributed by atoms with van der Waals surface area (Å²) in [7, 11) is 0. The van der Waals surface area contributed by atoms with Crippen molar-refractivity contribution in [3.8, 4) is 11.4 Å². The Morgan fingerprint density at radius 2 is 1.49 bits per heavy atom. The second-order valence-corrected chi connectivity index (χ2v) is 9.39. The topological polar surface area (TPSA) is 111 Å². The Morgan fingerprint density at radius 1 is 0.744 bits per heavy atom. The lowest BCUT2D eigenvalue weighted by atomic mass is 10.1. The predicted octanol–water partition coefficient (Wildman–Crippen LogP) is 5.80. The molecular formula is C31H22N6O2. The molecule has 0 fully saturated rings. The fourth-order valence-electron chi connectivity index (χ4n) is 4.99. The Morgan fingerprint density at radius 3 is 2.31 bits per heavy atom. The van der Waals surface area contributed by atoms with E-state index in [1.807, 2.05) is 89.8 Å². The lowest BCUT2D eigenvalue weighted by molar-refractivity contribution is 0.0997. The summed E-state index contributed by atoms with van der Waals surface area (Å²) in [6, 6.07) is 28.8. The number of hydrogen-bond acceptors (Lipinski definition) is 3. The number of nitrogens with one attached hydrogen (secondary N) is 2. The fourth-order valence-corrected chi connectivity index (χ4v) is 4.99. The molecule has 0 aliphatic carbocycles. The standard InChI is InChI=1S/C31H22N6O2/c32-30(38)21-2-9-28-20(16-21)12-14-36(28)24-4-6-25(7-5-24)37-18-34-27-17-23(3-10-29(27)37)35-31(39)22-1-8-26-19(15-22)11-13-33-26/h1-18,33H,(H2,32,38)(H,35,39). The maximum atomic E-state index is 12.8. The molecule has 3 heterocycles. The third kappa shape index (κ3) is 3.91. The number of rotatable bonds is 5. The molecule has 0 saturated carbocycles. The van der Waals surface area contributed by atoms with Crippen molar-refractivity contribution >= 4 is 50.3 Å². The predicted molar refractivity (Wildman–Crippen MR) is 153 cm³/mol. The highest BCUT2D eigenvalue weighted by atomic mass is 16.2. The number of aromatic amines is 1. The number of nitrogens with zero attached hydrogens (tertiary/aromatic N) is 3. The first-order valence-electron chi connectivity index (χ1n) is 12.4. The Kier molecular flexibility index (Phi) is 5.06. The smallest absolute Gasteiger partial charge is 0.255 e. The molecule has 0 aliphatic rings. The van der Waals surface area contributed by atoms with Gasteiger partial charge >= 0.3 is 0 Å². The lowest BCUT2D eigenvalue weighted by Gasteiger charge is -2.09. The zero-order valence-corrected chi connectivity index (χ0v) is 20.6. The molecule has 7 rings (SSSR count). The number of aromatic nitrogens is 4. The van der Waals surface area contributed by atoms with Crippen LogP contribution in [0.4, 0.5) is 5.69 Å². The van der Waals surface area contributed by atoms with E-state index in [0.29, 0.717) is 16.8 Å². The second kappa shape index (κ2) is 8.74. The summed E-state index contributed by atoms with van der Waals surface area (Å²) in [6.45, 7) is 0. The molecule has 8 nitrogen and oxygen atoms in total. The van der Waals surface area contributed by atoms with E-state index in [2.05, 4.69) is 19.9 Å². The normalized spacial score (nSPS) is 11.4. The van der Waals surface area contributed by atoms with Crippen LogP contribution in [-0.4, -0.2) is 30.9 Å². The Balaban J connectivity index is 1.14. The molecule has 0 atom stereocenters. The molecule has 39 heavy (non-hydrogen) atoms. The summed E-state index contributed by atoms with van der Waals surface area (Å²) in [5.74, 6) is -0.610. The van der Waals surface area contributed by atoms with E-state index in [9.17, 15) is 9.59 Å². The number of hydrogen-bond donors (Lipinski definition) is 3. The molecule has 188 valence electrons. The first-order chi connectivity index (χ1) is 19.0. The van der Waals surface area contributed by atoms with E-state index in [0.717, 1.165) is 44.2 Å². The van der Waals surface area contributed by atoms with Crippen LogP contribution < -0.4 is 11.1 Å². The van der Waals surface area contributed by atoms with Crippen LogP contribution in [0.2, 0.25) is 0 Å². The fraction of sp³-hybridized carbons (Fsp3) is 0. The monoisotopic (exact) mass is 510 g/mol. The summed E-state index contributed by atoms with van der Waals surface area (Å²) in [5, 5.41) is 4.92. The SMILES string of the molecule is NC(=O)c1ccc2c(ccn2-c2ccc(-n3cnc4cc(NC(=O)c5ccc6[nH]ccc6c5)ccc43)cc2)c1. The van der Waals surface area contributed by atoms with Gasteiger partial charge in [0.1, 0.15) is 6.33 Å². The minimum absolute atomic E-state index is 0.171. The van der Waals surface area contributed by atoms with Gasteiger partial charge in [-0.2, -0.15) is 0 Å².